The predicted octanol–water partition coefficient (Wildman–Crippen LogP) is 3.53. The van der Waals surface area contributed by atoms with Gasteiger partial charge in [-0.2, -0.15) is 0 Å². The summed E-state index contributed by atoms with van der Waals surface area (Å²) in [6, 6.07) is 17.7. The van der Waals surface area contributed by atoms with Gasteiger partial charge < -0.3 is 16.4 Å². The highest BCUT2D eigenvalue weighted by Crippen LogP contribution is 2.20. The summed E-state index contributed by atoms with van der Waals surface area (Å²) in [6.07, 6.45) is 4.03. The Morgan fingerprint density at radius 2 is 1.20 bits per heavy atom. The van der Waals surface area contributed by atoms with Crippen LogP contribution in [0.4, 0.5) is 17.1 Å². The minimum Gasteiger partial charge on any atom is -0.399 e. The number of piperidine rings is 1. The van der Waals surface area contributed by atoms with Crippen LogP contribution in [0, 0.1) is 0 Å². The lowest BCUT2D eigenvalue weighted by atomic mass is 10.1. The van der Waals surface area contributed by atoms with Gasteiger partial charge in [-0.25, -0.2) is 0 Å². The molecule has 1 fully saturated rings. The number of rotatable bonds is 1. The van der Waals surface area contributed by atoms with Gasteiger partial charge in [0.1, 0.15) is 0 Å². The van der Waals surface area contributed by atoms with Crippen molar-refractivity contribution < 1.29 is 0 Å². The van der Waals surface area contributed by atoms with E-state index in [9.17, 15) is 0 Å². The molecule has 0 radical (unpaired) electrons. The van der Waals surface area contributed by atoms with Crippen molar-refractivity contribution in [1.29, 1.82) is 0 Å². The van der Waals surface area contributed by atoms with Gasteiger partial charge in [-0.05, 0) is 55.7 Å². The van der Waals surface area contributed by atoms with Gasteiger partial charge in [0.2, 0.25) is 0 Å². The molecule has 2 aromatic rings. The van der Waals surface area contributed by atoms with Crippen LogP contribution in [0.3, 0.4) is 0 Å². The Labute approximate surface area is 121 Å². The number of para-hydroxylation sites is 1. The predicted molar refractivity (Wildman–Crippen MR) is 87.8 cm³/mol. The standard InChI is InChI=1S/C11H16N2.C6H7N/c12-10-4-6-11(7-5-10)13-8-2-1-3-9-13;7-6-4-2-1-3-5-6/h4-7H,1-3,8-9,12H2;1-5H,7H2. The first kappa shape index (κ1) is 14.3. The number of nitrogen functional groups attached to an aromatic ring is 2. The number of hydrogen-bond donors (Lipinski definition) is 2. The molecule has 1 aliphatic heterocycles. The van der Waals surface area contributed by atoms with Crippen molar-refractivity contribution in [3.8, 4) is 0 Å². The van der Waals surface area contributed by atoms with E-state index < -0.39 is 0 Å². The number of nitrogens with zero attached hydrogens (tertiary/aromatic N) is 1. The summed E-state index contributed by atoms with van der Waals surface area (Å²) in [7, 11) is 0. The van der Waals surface area contributed by atoms with Crippen molar-refractivity contribution in [3.05, 3.63) is 54.6 Å². The van der Waals surface area contributed by atoms with Crippen LogP contribution in [-0.2, 0) is 0 Å². The Morgan fingerprint density at radius 1 is 0.650 bits per heavy atom. The quantitative estimate of drug-likeness (QED) is 0.779. The van der Waals surface area contributed by atoms with Crippen LogP contribution >= 0.6 is 0 Å². The molecule has 20 heavy (non-hydrogen) atoms. The second kappa shape index (κ2) is 7.43. The first-order valence-electron chi connectivity index (χ1n) is 7.17. The summed E-state index contributed by atoms with van der Waals surface area (Å²) in [5.74, 6) is 0. The average Bonchev–Trinajstić information content (AvgIpc) is 2.50. The molecule has 0 saturated carbocycles. The maximum atomic E-state index is 5.64. The highest BCUT2D eigenvalue weighted by atomic mass is 15.1. The van der Waals surface area contributed by atoms with Gasteiger partial charge in [-0.15, -0.1) is 0 Å². The van der Waals surface area contributed by atoms with Crippen LogP contribution in [0.5, 0.6) is 0 Å². The third-order valence-corrected chi connectivity index (χ3v) is 3.41. The van der Waals surface area contributed by atoms with Crippen LogP contribution < -0.4 is 16.4 Å². The topological polar surface area (TPSA) is 55.3 Å². The zero-order chi connectivity index (χ0) is 14.2. The van der Waals surface area contributed by atoms with Gasteiger partial charge in [-0.3, -0.25) is 0 Å². The minimum absolute atomic E-state index is 0.822. The molecule has 3 heteroatoms. The fraction of sp³-hybridized carbons (Fsp3) is 0.294. The van der Waals surface area contributed by atoms with Crippen molar-refractivity contribution in [2.24, 2.45) is 0 Å². The van der Waals surface area contributed by atoms with Gasteiger partial charge in [0.25, 0.3) is 0 Å². The van der Waals surface area contributed by atoms with Gasteiger partial charge in [0.15, 0.2) is 0 Å². The Hall–Kier alpha value is -2.16. The average molecular weight is 269 g/mol. The van der Waals surface area contributed by atoms with Crippen molar-refractivity contribution >= 4 is 17.1 Å². The molecule has 0 spiro atoms. The maximum Gasteiger partial charge on any atom is 0.0367 e. The van der Waals surface area contributed by atoms with E-state index in [4.69, 9.17) is 11.5 Å². The molecule has 106 valence electrons. The van der Waals surface area contributed by atoms with Crippen LogP contribution in [0.15, 0.2) is 54.6 Å². The molecular weight excluding hydrogens is 246 g/mol. The third-order valence-electron chi connectivity index (χ3n) is 3.41. The monoisotopic (exact) mass is 269 g/mol. The van der Waals surface area contributed by atoms with Gasteiger partial charge >= 0.3 is 0 Å². The molecule has 1 heterocycles. The SMILES string of the molecule is Nc1ccc(N2CCCCC2)cc1.Nc1ccccc1. The van der Waals surface area contributed by atoms with Crippen LogP contribution in [-0.4, -0.2) is 13.1 Å². The maximum absolute atomic E-state index is 5.64. The van der Waals surface area contributed by atoms with Crippen LogP contribution in [0.1, 0.15) is 19.3 Å². The number of nitrogens with two attached hydrogens (primary N) is 2. The number of anilines is 3. The molecule has 3 rings (SSSR count). The highest BCUT2D eigenvalue weighted by molar-refractivity contribution is 5.53. The summed E-state index contributed by atoms with van der Waals surface area (Å²) in [4.78, 5) is 2.43. The second-order valence-electron chi connectivity index (χ2n) is 5.05. The fourth-order valence-corrected chi connectivity index (χ4v) is 2.29. The molecule has 0 amide bonds. The zero-order valence-electron chi connectivity index (χ0n) is 11.8. The Kier molecular flexibility index (Phi) is 5.30. The van der Waals surface area contributed by atoms with Crippen molar-refractivity contribution in [3.63, 3.8) is 0 Å². The summed E-state index contributed by atoms with van der Waals surface area (Å²) >= 11 is 0. The van der Waals surface area contributed by atoms with Crippen LogP contribution in [0.25, 0.3) is 0 Å². The molecule has 0 unspecified atom stereocenters. The fourth-order valence-electron chi connectivity index (χ4n) is 2.29. The van der Waals surface area contributed by atoms with E-state index in [0.29, 0.717) is 0 Å². The third kappa shape index (κ3) is 4.50. The Morgan fingerprint density at radius 3 is 1.70 bits per heavy atom. The summed E-state index contributed by atoms with van der Waals surface area (Å²) in [5, 5.41) is 0. The Bertz CT molecular complexity index is 487. The van der Waals surface area contributed by atoms with Crippen LogP contribution in [0.2, 0.25) is 0 Å². The van der Waals surface area contributed by atoms with E-state index in [-0.39, 0.29) is 0 Å². The van der Waals surface area contributed by atoms with E-state index >= 15 is 0 Å². The van der Waals surface area contributed by atoms with E-state index in [1.165, 1.54) is 38.0 Å². The summed E-state index contributed by atoms with van der Waals surface area (Å²) in [6.45, 7) is 2.40. The number of benzene rings is 2. The lowest BCUT2D eigenvalue weighted by Crippen LogP contribution is -2.29. The first-order chi connectivity index (χ1) is 9.75. The largest absolute Gasteiger partial charge is 0.399 e. The van der Waals surface area contributed by atoms with Gasteiger partial charge in [0.05, 0.1) is 0 Å². The van der Waals surface area contributed by atoms with E-state index in [2.05, 4.69) is 17.0 Å². The van der Waals surface area contributed by atoms with E-state index in [1.807, 2.05) is 42.5 Å². The molecule has 4 N–H and O–H groups in total. The van der Waals surface area contributed by atoms with Crippen molar-refractivity contribution in [2.45, 2.75) is 19.3 Å². The minimum atomic E-state index is 0.822. The molecular formula is C17H23N3. The van der Waals surface area contributed by atoms with E-state index in [1.54, 1.807) is 0 Å². The second-order valence-corrected chi connectivity index (χ2v) is 5.05. The molecule has 0 aliphatic carbocycles. The molecule has 0 aromatic heterocycles. The molecule has 1 saturated heterocycles. The molecule has 3 nitrogen and oxygen atoms in total. The first-order valence-corrected chi connectivity index (χ1v) is 7.17. The zero-order valence-corrected chi connectivity index (χ0v) is 11.8. The van der Waals surface area contributed by atoms with Gasteiger partial charge in [0, 0.05) is 30.2 Å². The molecule has 0 bridgehead atoms. The highest BCUT2D eigenvalue weighted by Gasteiger charge is 2.09. The smallest absolute Gasteiger partial charge is 0.0367 e. The van der Waals surface area contributed by atoms with Gasteiger partial charge in [-0.1, -0.05) is 18.2 Å². The molecule has 0 atom stereocenters. The lowest BCUT2D eigenvalue weighted by molar-refractivity contribution is 0.578. The normalized spacial score (nSPS) is 14.3. The summed E-state index contributed by atoms with van der Waals surface area (Å²) in [5.41, 5.74) is 14.0. The number of hydrogen-bond acceptors (Lipinski definition) is 3. The van der Waals surface area contributed by atoms with Crippen molar-refractivity contribution in [2.75, 3.05) is 29.5 Å². The summed E-state index contributed by atoms with van der Waals surface area (Å²) < 4.78 is 0. The van der Waals surface area contributed by atoms with E-state index in [0.717, 1.165) is 11.4 Å². The lowest BCUT2D eigenvalue weighted by Gasteiger charge is -2.28. The molecule has 2 aromatic carbocycles. The van der Waals surface area contributed by atoms with Crippen molar-refractivity contribution in [1.82, 2.24) is 0 Å². The molecule has 1 aliphatic rings. The Balaban J connectivity index is 0.000000178.